The summed E-state index contributed by atoms with van der Waals surface area (Å²) >= 11 is 0. The van der Waals surface area contributed by atoms with Gasteiger partial charge in [0.15, 0.2) is 0 Å². The fourth-order valence-corrected chi connectivity index (χ4v) is 2.53. The molecule has 1 aliphatic rings. The Bertz CT molecular complexity index is 473. The second-order valence-electron chi connectivity index (χ2n) is 5.56. The molecule has 0 bridgehead atoms. The van der Waals surface area contributed by atoms with E-state index in [2.05, 4.69) is 23.7 Å². The molecule has 0 aromatic carbocycles. The Morgan fingerprint density at radius 3 is 2.79 bits per heavy atom. The van der Waals surface area contributed by atoms with Crippen molar-refractivity contribution < 1.29 is 9.53 Å². The number of piperidine rings is 1. The van der Waals surface area contributed by atoms with Crippen molar-refractivity contribution in [3.8, 4) is 0 Å². The van der Waals surface area contributed by atoms with Gasteiger partial charge in [-0.1, -0.05) is 13.8 Å². The topological polar surface area (TPSA) is 42.4 Å². The van der Waals surface area contributed by atoms with Crippen LogP contribution in [-0.4, -0.2) is 31.2 Å². The minimum atomic E-state index is -0.308. The van der Waals surface area contributed by atoms with E-state index in [1.54, 1.807) is 0 Å². The summed E-state index contributed by atoms with van der Waals surface area (Å²) in [6, 6.07) is 1.86. The van der Waals surface area contributed by atoms with Gasteiger partial charge in [0.2, 0.25) is 0 Å². The second kappa shape index (κ2) is 5.59. The van der Waals surface area contributed by atoms with E-state index in [0.717, 1.165) is 36.8 Å². The van der Waals surface area contributed by atoms with Crippen LogP contribution in [0.25, 0.3) is 0 Å². The van der Waals surface area contributed by atoms with Crippen LogP contribution < -0.4 is 4.90 Å². The molecule has 2 heterocycles. The zero-order valence-corrected chi connectivity index (χ0v) is 12.1. The van der Waals surface area contributed by atoms with Crippen LogP contribution in [0.15, 0.2) is 12.3 Å². The van der Waals surface area contributed by atoms with Crippen LogP contribution in [0.4, 0.5) is 5.82 Å². The molecule has 4 heteroatoms. The van der Waals surface area contributed by atoms with Crippen LogP contribution >= 0.6 is 0 Å². The molecule has 2 rings (SSSR count). The maximum absolute atomic E-state index is 11.9. The fourth-order valence-electron chi connectivity index (χ4n) is 2.53. The number of pyridine rings is 1. The van der Waals surface area contributed by atoms with Crippen LogP contribution in [0.1, 0.15) is 36.2 Å². The van der Waals surface area contributed by atoms with Crippen molar-refractivity contribution in [2.45, 2.75) is 27.2 Å². The number of hydrogen-bond donors (Lipinski definition) is 0. The average molecular weight is 262 g/mol. The third kappa shape index (κ3) is 2.88. The van der Waals surface area contributed by atoms with E-state index in [4.69, 9.17) is 4.74 Å². The van der Waals surface area contributed by atoms with Gasteiger partial charge in [-0.2, -0.15) is 0 Å². The van der Waals surface area contributed by atoms with Crippen molar-refractivity contribution in [2.24, 2.45) is 11.8 Å². The Morgan fingerprint density at radius 1 is 1.42 bits per heavy atom. The van der Waals surface area contributed by atoms with Crippen molar-refractivity contribution in [3.05, 3.63) is 23.4 Å². The molecule has 0 amide bonds. The Kier molecular flexibility index (Phi) is 4.08. The van der Waals surface area contributed by atoms with E-state index < -0.39 is 0 Å². The number of carbonyl (C=O) groups is 1. The third-order valence-electron chi connectivity index (χ3n) is 4.04. The van der Waals surface area contributed by atoms with Gasteiger partial charge in [0.05, 0.1) is 7.11 Å². The number of methoxy groups -OCH3 is 1. The summed E-state index contributed by atoms with van der Waals surface area (Å²) in [4.78, 5) is 18.5. The first-order chi connectivity index (χ1) is 9.02. The maximum atomic E-state index is 11.9. The number of rotatable bonds is 2. The Balaban J connectivity index is 2.31. The highest BCUT2D eigenvalue weighted by molar-refractivity contribution is 5.95. The lowest BCUT2D eigenvalue weighted by molar-refractivity contribution is 0.0600. The van der Waals surface area contributed by atoms with E-state index in [0.29, 0.717) is 11.5 Å². The van der Waals surface area contributed by atoms with E-state index in [1.807, 2.05) is 19.2 Å². The molecule has 0 radical (unpaired) electrons. The molecule has 0 spiro atoms. The highest BCUT2D eigenvalue weighted by atomic mass is 16.5. The largest absolute Gasteiger partial charge is 0.465 e. The summed E-state index contributed by atoms with van der Waals surface area (Å²) in [7, 11) is 1.41. The van der Waals surface area contributed by atoms with Gasteiger partial charge in [0.1, 0.15) is 11.4 Å². The highest BCUT2D eigenvalue weighted by Crippen LogP contribution is 2.28. The molecule has 19 heavy (non-hydrogen) atoms. The predicted octanol–water partition coefficient (Wildman–Crippen LogP) is 2.66. The summed E-state index contributed by atoms with van der Waals surface area (Å²) in [5, 5.41) is 0. The van der Waals surface area contributed by atoms with Crippen molar-refractivity contribution in [3.63, 3.8) is 0 Å². The molecule has 2 unspecified atom stereocenters. The van der Waals surface area contributed by atoms with Crippen LogP contribution in [0.3, 0.4) is 0 Å². The molecule has 1 saturated heterocycles. The van der Waals surface area contributed by atoms with Crippen molar-refractivity contribution in [2.75, 3.05) is 25.1 Å². The van der Waals surface area contributed by atoms with E-state index in [9.17, 15) is 4.79 Å². The molecule has 1 aromatic rings. The number of ether oxygens (including phenoxy) is 1. The Hall–Kier alpha value is -1.58. The predicted molar refractivity (Wildman–Crippen MR) is 75.5 cm³/mol. The minimum absolute atomic E-state index is 0.308. The molecule has 1 fully saturated rings. The standard InChI is InChI=1S/C15H22N2O2/c1-10-7-13(15(18)19-4)14(16-8-10)17-6-5-11(2)12(3)9-17/h7-8,11-12H,5-6,9H2,1-4H3. The van der Waals surface area contributed by atoms with Gasteiger partial charge in [-0.15, -0.1) is 0 Å². The monoisotopic (exact) mass is 262 g/mol. The van der Waals surface area contributed by atoms with Gasteiger partial charge in [-0.25, -0.2) is 9.78 Å². The number of aryl methyl sites for hydroxylation is 1. The zero-order valence-electron chi connectivity index (χ0n) is 12.1. The van der Waals surface area contributed by atoms with Gasteiger partial charge in [0.25, 0.3) is 0 Å². The van der Waals surface area contributed by atoms with E-state index >= 15 is 0 Å². The molecule has 2 atom stereocenters. The summed E-state index contributed by atoms with van der Waals surface area (Å²) < 4.78 is 4.87. The molecule has 1 aromatic heterocycles. The van der Waals surface area contributed by atoms with Gasteiger partial charge >= 0.3 is 5.97 Å². The first kappa shape index (κ1) is 13.8. The number of carbonyl (C=O) groups excluding carboxylic acids is 1. The minimum Gasteiger partial charge on any atom is -0.465 e. The summed E-state index contributed by atoms with van der Waals surface area (Å²) in [5.41, 5.74) is 1.55. The molecule has 104 valence electrons. The van der Waals surface area contributed by atoms with E-state index in [1.165, 1.54) is 7.11 Å². The lowest BCUT2D eigenvalue weighted by Gasteiger charge is -2.36. The number of aromatic nitrogens is 1. The van der Waals surface area contributed by atoms with Crippen molar-refractivity contribution in [1.82, 2.24) is 4.98 Å². The lowest BCUT2D eigenvalue weighted by Crippen LogP contribution is -2.39. The Labute approximate surface area is 114 Å². The van der Waals surface area contributed by atoms with Crippen LogP contribution in [0.5, 0.6) is 0 Å². The number of hydrogen-bond acceptors (Lipinski definition) is 4. The number of nitrogens with zero attached hydrogens (tertiary/aromatic N) is 2. The zero-order chi connectivity index (χ0) is 14.0. The van der Waals surface area contributed by atoms with Gasteiger partial charge in [-0.05, 0) is 36.8 Å². The number of anilines is 1. The molecule has 4 nitrogen and oxygen atoms in total. The fraction of sp³-hybridized carbons (Fsp3) is 0.600. The van der Waals surface area contributed by atoms with Crippen molar-refractivity contribution in [1.29, 1.82) is 0 Å². The van der Waals surface area contributed by atoms with Gasteiger partial charge in [0, 0.05) is 19.3 Å². The maximum Gasteiger partial charge on any atom is 0.341 e. The van der Waals surface area contributed by atoms with Crippen LogP contribution in [-0.2, 0) is 4.74 Å². The average Bonchev–Trinajstić information content (AvgIpc) is 2.41. The summed E-state index contributed by atoms with van der Waals surface area (Å²) in [6.45, 7) is 8.37. The van der Waals surface area contributed by atoms with Crippen molar-refractivity contribution >= 4 is 11.8 Å². The van der Waals surface area contributed by atoms with Gasteiger partial charge in [-0.3, -0.25) is 0 Å². The summed E-state index contributed by atoms with van der Waals surface area (Å²) in [5.74, 6) is 1.79. The molecule has 0 saturated carbocycles. The molecule has 1 aliphatic heterocycles. The van der Waals surface area contributed by atoms with E-state index in [-0.39, 0.29) is 5.97 Å². The highest BCUT2D eigenvalue weighted by Gasteiger charge is 2.26. The van der Waals surface area contributed by atoms with Gasteiger partial charge < -0.3 is 9.64 Å². The molecular formula is C15H22N2O2. The quantitative estimate of drug-likeness (QED) is 0.768. The smallest absolute Gasteiger partial charge is 0.341 e. The molecule has 0 N–H and O–H groups in total. The normalized spacial score (nSPS) is 23.3. The lowest BCUT2D eigenvalue weighted by atomic mass is 9.88. The molecule has 0 aliphatic carbocycles. The first-order valence-corrected chi connectivity index (χ1v) is 6.82. The van der Waals surface area contributed by atoms with Crippen LogP contribution in [0, 0.1) is 18.8 Å². The molecular weight excluding hydrogens is 240 g/mol. The SMILES string of the molecule is COC(=O)c1cc(C)cnc1N1CCC(C)C(C)C1. The summed E-state index contributed by atoms with van der Waals surface area (Å²) in [6.07, 6.45) is 2.95. The Morgan fingerprint density at radius 2 is 2.16 bits per heavy atom. The van der Waals surface area contributed by atoms with Crippen LogP contribution in [0.2, 0.25) is 0 Å². The first-order valence-electron chi connectivity index (χ1n) is 6.82. The third-order valence-corrected chi connectivity index (χ3v) is 4.04. The number of esters is 1. The second-order valence-corrected chi connectivity index (χ2v) is 5.56.